The minimum Gasteiger partial charge on any atom is -0.457 e. The molecule has 0 radical (unpaired) electrons. The average molecular weight is 487 g/mol. The van der Waals surface area contributed by atoms with Gasteiger partial charge in [-0.15, -0.1) is 0 Å². The van der Waals surface area contributed by atoms with Gasteiger partial charge in [0.1, 0.15) is 17.0 Å². The van der Waals surface area contributed by atoms with Crippen LogP contribution in [0.5, 0.6) is 0 Å². The second-order valence-electron chi connectivity index (χ2n) is 14.2. The summed E-state index contributed by atoms with van der Waals surface area (Å²) in [6.45, 7) is 16.6. The van der Waals surface area contributed by atoms with Crippen LogP contribution in [0.4, 0.5) is 4.79 Å². The van der Waals surface area contributed by atoms with Gasteiger partial charge >= 0.3 is 12.1 Å². The molecule has 2 saturated carbocycles. The van der Waals surface area contributed by atoms with Gasteiger partial charge in [-0.05, 0) is 84.0 Å². The summed E-state index contributed by atoms with van der Waals surface area (Å²) >= 11 is 0. The molecule has 2 saturated heterocycles. The van der Waals surface area contributed by atoms with Crippen molar-refractivity contribution in [3.8, 4) is 0 Å². The van der Waals surface area contributed by atoms with Crippen LogP contribution in [0.3, 0.4) is 0 Å². The first-order valence-electron chi connectivity index (χ1n) is 13.4. The molecule has 35 heavy (non-hydrogen) atoms. The highest BCUT2D eigenvalue weighted by Crippen LogP contribution is 2.56. The highest BCUT2D eigenvalue weighted by Gasteiger charge is 2.63. The van der Waals surface area contributed by atoms with Gasteiger partial charge in [-0.3, -0.25) is 9.69 Å². The van der Waals surface area contributed by atoms with Crippen molar-refractivity contribution in [2.24, 2.45) is 17.3 Å². The van der Waals surface area contributed by atoms with Crippen molar-refractivity contribution in [1.29, 1.82) is 0 Å². The van der Waals surface area contributed by atoms with E-state index in [4.69, 9.17) is 14.0 Å². The van der Waals surface area contributed by atoms with Crippen LogP contribution in [0.15, 0.2) is 4.52 Å². The number of likely N-dealkylation sites (tertiary alicyclic amines) is 1. The Balaban J connectivity index is 1.44. The smallest absolute Gasteiger partial charge is 0.410 e. The van der Waals surface area contributed by atoms with Gasteiger partial charge in [-0.2, -0.15) is 0 Å². The van der Waals surface area contributed by atoms with E-state index >= 15 is 0 Å². The Morgan fingerprint density at radius 2 is 1.77 bits per heavy atom. The summed E-state index contributed by atoms with van der Waals surface area (Å²) in [6.07, 6.45) is 5.37. The van der Waals surface area contributed by atoms with E-state index in [1.807, 2.05) is 34.6 Å². The molecular weight excluding hydrogens is 444 g/mol. The maximum absolute atomic E-state index is 13.2. The summed E-state index contributed by atoms with van der Waals surface area (Å²) in [5.41, 5.74) is 1.02. The first kappa shape index (κ1) is 24.6. The van der Waals surface area contributed by atoms with Crippen molar-refractivity contribution in [3.05, 3.63) is 17.0 Å². The van der Waals surface area contributed by atoms with Crippen LogP contribution in [-0.4, -0.2) is 45.9 Å². The Morgan fingerprint density at radius 3 is 2.34 bits per heavy atom. The number of carbonyl (C=O) groups excluding carboxylic acids is 2. The molecule has 2 aliphatic heterocycles. The molecule has 0 aromatic carbocycles. The maximum Gasteiger partial charge on any atom is 0.410 e. The molecule has 0 bridgehead atoms. The average Bonchev–Trinajstić information content (AvgIpc) is 3.18. The monoisotopic (exact) mass is 486 g/mol. The number of cyclic esters (lactones) is 1. The predicted octanol–water partition coefficient (Wildman–Crippen LogP) is 6.14. The molecule has 4 fully saturated rings. The normalized spacial score (nSPS) is 32.3. The number of ether oxygens (including phenoxy) is 2. The Hall–Kier alpha value is -2.05. The summed E-state index contributed by atoms with van der Waals surface area (Å²) < 4.78 is 17.6. The minimum atomic E-state index is -0.784. The second kappa shape index (κ2) is 7.97. The second-order valence-corrected chi connectivity index (χ2v) is 14.2. The quantitative estimate of drug-likeness (QED) is 0.476. The SMILES string of the molecule is CC(C)(C)CC1CC(c2onc([C@H]3CN(C(=O)OC(C)(C)C)C4C3C(=O)OC4(C)C)c2C2CC2)C1. The summed E-state index contributed by atoms with van der Waals surface area (Å²) in [7, 11) is 0. The fraction of sp³-hybridized carbons (Fsp3) is 0.821. The minimum absolute atomic E-state index is 0.236. The van der Waals surface area contributed by atoms with Gasteiger partial charge < -0.3 is 14.0 Å². The number of carbonyl (C=O) groups is 2. The Morgan fingerprint density at radius 1 is 1.11 bits per heavy atom. The summed E-state index contributed by atoms with van der Waals surface area (Å²) in [6, 6.07) is -0.387. The highest BCUT2D eigenvalue weighted by molar-refractivity contribution is 5.82. The third kappa shape index (κ3) is 4.60. The molecule has 1 amide bonds. The lowest BCUT2D eigenvalue weighted by Gasteiger charge is -2.38. The van der Waals surface area contributed by atoms with E-state index in [0.717, 1.165) is 43.1 Å². The zero-order chi connectivity index (χ0) is 25.5. The highest BCUT2D eigenvalue weighted by atomic mass is 16.6. The predicted molar refractivity (Wildman–Crippen MR) is 131 cm³/mol. The van der Waals surface area contributed by atoms with E-state index in [1.54, 1.807) is 4.90 Å². The van der Waals surface area contributed by atoms with Crippen LogP contribution in [0, 0.1) is 17.3 Å². The van der Waals surface area contributed by atoms with Gasteiger partial charge in [0.15, 0.2) is 0 Å². The van der Waals surface area contributed by atoms with Crippen molar-refractivity contribution in [3.63, 3.8) is 0 Å². The molecule has 7 nitrogen and oxygen atoms in total. The van der Waals surface area contributed by atoms with Gasteiger partial charge in [0.25, 0.3) is 0 Å². The van der Waals surface area contributed by atoms with Gasteiger partial charge in [0, 0.05) is 23.9 Å². The van der Waals surface area contributed by atoms with E-state index in [9.17, 15) is 9.59 Å². The number of nitrogens with zero attached hydrogens (tertiary/aromatic N) is 2. The van der Waals surface area contributed by atoms with Crippen LogP contribution in [0.1, 0.15) is 122 Å². The van der Waals surface area contributed by atoms with Crippen LogP contribution in [0.2, 0.25) is 0 Å². The topological polar surface area (TPSA) is 81.9 Å². The van der Waals surface area contributed by atoms with Crippen LogP contribution in [-0.2, 0) is 14.3 Å². The third-order valence-electron chi connectivity index (χ3n) is 8.11. The lowest BCUT2D eigenvalue weighted by molar-refractivity contribution is -0.150. The molecule has 4 aliphatic rings. The summed E-state index contributed by atoms with van der Waals surface area (Å²) in [5, 5.41) is 4.61. The van der Waals surface area contributed by atoms with Crippen LogP contribution < -0.4 is 0 Å². The fourth-order valence-corrected chi connectivity index (χ4v) is 6.76. The van der Waals surface area contributed by atoms with E-state index < -0.39 is 23.2 Å². The molecular formula is C28H42N2O5. The Kier molecular flexibility index (Phi) is 5.61. The molecule has 3 atom stereocenters. The Bertz CT molecular complexity index is 1000. The molecule has 5 rings (SSSR count). The summed E-state index contributed by atoms with van der Waals surface area (Å²) in [5.74, 6) is 1.67. The first-order valence-corrected chi connectivity index (χ1v) is 13.4. The Labute approximate surface area is 209 Å². The molecule has 1 aromatic heterocycles. The van der Waals surface area contributed by atoms with Gasteiger partial charge in [-0.25, -0.2) is 4.79 Å². The van der Waals surface area contributed by atoms with E-state index in [2.05, 4.69) is 25.9 Å². The van der Waals surface area contributed by atoms with Gasteiger partial charge in [-0.1, -0.05) is 25.9 Å². The fourth-order valence-electron chi connectivity index (χ4n) is 6.76. The van der Waals surface area contributed by atoms with Crippen molar-refractivity contribution in [2.75, 3.05) is 6.54 Å². The molecule has 7 heteroatoms. The maximum atomic E-state index is 13.2. The van der Waals surface area contributed by atoms with Gasteiger partial charge in [0.2, 0.25) is 0 Å². The first-order chi connectivity index (χ1) is 16.1. The number of hydrogen-bond acceptors (Lipinski definition) is 6. The van der Waals surface area contributed by atoms with E-state index in [0.29, 0.717) is 23.8 Å². The van der Waals surface area contributed by atoms with Crippen molar-refractivity contribution < 1.29 is 23.6 Å². The molecule has 0 spiro atoms. The number of aromatic nitrogens is 1. The number of amides is 1. The largest absolute Gasteiger partial charge is 0.457 e. The molecule has 194 valence electrons. The number of esters is 1. The van der Waals surface area contributed by atoms with E-state index in [1.165, 1.54) is 12.0 Å². The van der Waals surface area contributed by atoms with Crippen molar-refractivity contribution in [1.82, 2.24) is 10.1 Å². The molecule has 2 aliphatic carbocycles. The zero-order valence-electron chi connectivity index (χ0n) is 22.6. The lowest BCUT2D eigenvalue weighted by atomic mass is 9.66. The number of rotatable bonds is 4. The lowest BCUT2D eigenvalue weighted by Crippen LogP contribution is -2.49. The van der Waals surface area contributed by atoms with Crippen LogP contribution in [0.25, 0.3) is 0 Å². The third-order valence-corrected chi connectivity index (χ3v) is 8.11. The zero-order valence-corrected chi connectivity index (χ0v) is 22.6. The van der Waals surface area contributed by atoms with Crippen LogP contribution >= 0.6 is 0 Å². The van der Waals surface area contributed by atoms with Gasteiger partial charge in [0.05, 0.1) is 17.7 Å². The summed E-state index contributed by atoms with van der Waals surface area (Å²) in [4.78, 5) is 28.1. The molecule has 0 N–H and O–H groups in total. The van der Waals surface area contributed by atoms with Crippen molar-refractivity contribution in [2.45, 2.75) is 122 Å². The molecule has 3 heterocycles. The van der Waals surface area contributed by atoms with E-state index in [-0.39, 0.29) is 17.9 Å². The van der Waals surface area contributed by atoms with Crippen molar-refractivity contribution >= 4 is 12.1 Å². The number of fused-ring (bicyclic) bond motifs is 1. The molecule has 1 aromatic rings. The number of hydrogen-bond donors (Lipinski definition) is 0. The molecule has 2 unspecified atom stereocenters. The standard InChI is InChI=1S/C28H42N2O5/c1-26(2,3)13-15-11-17(12-15)22-19(16-9-10-16)21(29-35-22)18-14-30(25(32)34-27(4,5)6)23-20(18)24(31)33-28(23,7)8/h15-18,20,23H,9-14H2,1-8H3/t15?,17?,18-,20?,23?/m0/s1.